The first-order chi connectivity index (χ1) is 12.9. The molecule has 3 aromatic rings. The third-order valence-electron chi connectivity index (χ3n) is 3.90. The molecule has 7 nitrogen and oxygen atoms in total. The maximum Gasteiger partial charge on any atom is 0.182 e. The summed E-state index contributed by atoms with van der Waals surface area (Å²) in [5, 5.41) is 4.34. The Hall–Kier alpha value is -3.23. The highest BCUT2D eigenvalue weighted by Crippen LogP contribution is 2.25. The lowest BCUT2D eigenvalue weighted by Crippen LogP contribution is -2.07. The molecule has 0 radical (unpaired) electrons. The number of nitrogens with two attached hydrogens (primary N) is 1. The highest BCUT2D eigenvalue weighted by molar-refractivity contribution is 5.58. The van der Waals surface area contributed by atoms with Crippen LogP contribution in [0.25, 0.3) is 11.5 Å². The number of hydrogen-bond acceptors (Lipinski definition) is 6. The molecule has 0 unspecified atom stereocenters. The Balaban J connectivity index is 1.90. The summed E-state index contributed by atoms with van der Waals surface area (Å²) in [6, 6.07) is 2.32. The number of nitrogen functional groups attached to an aromatic ring is 1. The first-order valence-electron chi connectivity index (χ1n) is 8.24. The van der Waals surface area contributed by atoms with Gasteiger partial charge in [-0.15, -0.1) is 0 Å². The SMILES string of the molecule is CCOc1cc(F)c(Cn2cc(C)c(-c3ncc(OC)c(N)n3)n2)c(F)c1. The second-order valence-electron chi connectivity index (χ2n) is 5.80. The summed E-state index contributed by atoms with van der Waals surface area (Å²) in [4.78, 5) is 8.34. The summed E-state index contributed by atoms with van der Waals surface area (Å²) in [5.74, 6) is -0.404. The Bertz CT molecular complexity index is 951. The van der Waals surface area contributed by atoms with Crippen LogP contribution in [0.2, 0.25) is 0 Å². The number of benzene rings is 1. The Kier molecular flexibility index (Phi) is 5.20. The van der Waals surface area contributed by atoms with Gasteiger partial charge < -0.3 is 15.2 Å². The minimum atomic E-state index is -0.696. The van der Waals surface area contributed by atoms with Gasteiger partial charge in [0.05, 0.1) is 26.5 Å². The van der Waals surface area contributed by atoms with Crippen LogP contribution in [0.4, 0.5) is 14.6 Å². The van der Waals surface area contributed by atoms with Crippen LogP contribution in [0.1, 0.15) is 18.1 Å². The van der Waals surface area contributed by atoms with E-state index in [4.69, 9.17) is 15.2 Å². The van der Waals surface area contributed by atoms with Crippen LogP contribution in [0, 0.1) is 18.6 Å². The van der Waals surface area contributed by atoms with E-state index in [0.29, 0.717) is 23.9 Å². The number of nitrogens with zero attached hydrogens (tertiary/aromatic N) is 4. The van der Waals surface area contributed by atoms with Crippen molar-refractivity contribution in [1.82, 2.24) is 19.7 Å². The third kappa shape index (κ3) is 3.81. The van der Waals surface area contributed by atoms with E-state index in [1.54, 1.807) is 20.0 Å². The van der Waals surface area contributed by atoms with Gasteiger partial charge in [-0.25, -0.2) is 18.7 Å². The van der Waals surface area contributed by atoms with Crippen LogP contribution in [0.15, 0.2) is 24.5 Å². The molecule has 0 amide bonds. The Labute approximate surface area is 154 Å². The van der Waals surface area contributed by atoms with Gasteiger partial charge in [-0.1, -0.05) is 0 Å². The normalized spacial score (nSPS) is 10.9. The van der Waals surface area contributed by atoms with Gasteiger partial charge in [0.15, 0.2) is 17.4 Å². The molecule has 2 N–H and O–H groups in total. The van der Waals surface area contributed by atoms with E-state index in [9.17, 15) is 8.78 Å². The van der Waals surface area contributed by atoms with Gasteiger partial charge in [-0.05, 0) is 19.4 Å². The highest BCUT2D eigenvalue weighted by Gasteiger charge is 2.17. The minimum absolute atomic E-state index is 0.0868. The number of aryl methyl sites for hydroxylation is 1. The van der Waals surface area contributed by atoms with Crippen molar-refractivity contribution in [3.8, 4) is 23.0 Å². The summed E-state index contributed by atoms with van der Waals surface area (Å²) < 4.78 is 40.1. The van der Waals surface area contributed by atoms with E-state index in [0.717, 1.165) is 17.7 Å². The molecule has 0 aliphatic carbocycles. The molecule has 0 saturated carbocycles. The Morgan fingerprint density at radius 1 is 1.22 bits per heavy atom. The molecular formula is C18H19F2N5O2. The van der Waals surface area contributed by atoms with E-state index in [1.165, 1.54) is 18.0 Å². The lowest BCUT2D eigenvalue weighted by molar-refractivity contribution is 0.335. The lowest BCUT2D eigenvalue weighted by Gasteiger charge is -2.09. The predicted octanol–water partition coefficient (Wildman–Crippen LogP) is 2.96. The molecule has 2 aromatic heterocycles. The summed E-state index contributed by atoms with van der Waals surface area (Å²) in [6.07, 6.45) is 3.11. The number of rotatable bonds is 6. The second kappa shape index (κ2) is 7.56. The molecule has 0 atom stereocenters. The molecular weight excluding hydrogens is 356 g/mol. The second-order valence-corrected chi connectivity index (χ2v) is 5.80. The van der Waals surface area contributed by atoms with E-state index < -0.39 is 11.6 Å². The molecule has 2 heterocycles. The zero-order valence-electron chi connectivity index (χ0n) is 15.2. The van der Waals surface area contributed by atoms with E-state index in [1.807, 2.05) is 0 Å². The van der Waals surface area contributed by atoms with Crippen LogP contribution in [-0.2, 0) is 6.54 Å². The van der Waals surface area contributed by atoms with Crippen LogP contribution < -0.4 is 15.2 Å². The van der Waals surface area contributed by atoms with Gasteiger partial charge >= 0.3 is 0 Å². The van der Waals surface area contributed by atoms with Crippen LogP contribution in [0.3, 0.4) is 0 Å². The first-order valence-corrected chi connectivity index (χ1v) is 8.24. The molecule has 0 fully saturated rings. The first kappa shape index (κ1) is 18.6. The van der Waals surface area contributed by atoms with Gasteiger partial charge in [-0.3, -0.25) is 4.68 Å². The van der Waals surface area contributed by atoms with Gasteiger partial charge in [0.25, 0.3) is 0 Å². The van der Waals surface area contributed by atoms with Crippen molar-refractivity contribution in [1.29, 1.82) is 0 Å². The molecule has 1 aromatic carbocycles. The Morgan fingerprint density at radius 2 is 1.93 bits per heavy atom. The topological polar surface area (TPSA) is 88.1 Å². The number of hydrogen-bond donors (Lipinski definition) is 1. The molecule has 0 aliphatic rings. The largest absolute Gasteiger partial charge is 0.494 e. The maximum atomic E-state index is 14.3. The monoisotopic (exact) mass is 375 g/mol. The summed E-state index contributed by atoms with van der Waals surface area (Å²) >= 11 is 0. The maximum absolute atomic E-state index is 14.3. The van der Waals surface area contributed by atoms with Crippen molar-refractivity contribution in [2.75, 3.05) is 19.5 Å². The van der Waals surface area contributed by atoms with Crippen LogP contribution >= 0.6 is 0 Å². The number of ether oxygens (including phenoxy) is 2. The van der Waals surface area contributed by atoms with Gasteiger partial charge in [0.1, 0.15) is 23.1 Å². The number of anilines is 1. The smallest absolute Gasteiger partial charge is 0.182 e. The molecule has 0 bridgehead atoms. The van der Waals surface area contributed by atoms with E-state index >= 15 is 0 Å². The fourth-order valence-electron chi connectivity index (χ4n) is 2.62. The van der Waals surface area contributed by atoms with Crippen LogP contribution in [0.5, 0.6) is 11.5 Å². The highest BCUT2D eigenvalue weighted by atomic mass is 19.1. The molecule has 9 heteroatoms. The fraction of sp³-hybridized carbons (Fsp3) is 0.278. The van der Waals surface area contributed by atoms with Crippen molar-refractivity contribution in [2.45, 2.75) is 20.4 Å². The van der Waals surface area contributed by atoms with Crippen molar-refractivity contribution in [3.63, 3.8) is 0 Å². The predicted molar refractivity (Wildman–Crippen MR) is 95.6 cm³/mol. The minimum Gasteiger partial charge on any atom is -0.494 e. The number of aromatic nitrogens is 4. The molecule has 0 aliphatic heterocycles. The molecule has 27 heavy (non-hydrogen) atoms. The average Bonchev–Trinajstić information content (AvgIpc) is 2.99. The van der Waals surface area contributed by atoms with Crippen LogP contribution in [-0.4, -0.2) is 33.5 Å². The fourth-order valence-corrected chi connectivity index (χ4v) is 2.62. The standard InChI is InChI=1S/C18H19F2N5O2/c1-4-27-11-5-13(19)12(14(20)6-11)9-25-8-10(2)16(24-25)18-22-7-15(26-3)17(21)23-18/h5-8H,4,9H2,1-3H3,(H2,21,22,23). The zero-order chi connectivity index (χ0) is 19.6. The number of methoxy groups -OCH3 is 1. The summed E-state index contributed by atoms with van der Waals surface area (Å²) in [7, 11) is 1.47. The average molecular weight is 375 g/mol. The van der Waals surface area contributed by atoms with Gasteiger partial charge in [0.2, 0.25) is 0 Å². The zero-order valence-corrected chi connectivity index (χ0v) is 15.2. The molecule has 3 rings (SSSR count). The van der Waals surface area contributed by atoms with Crippen molar-refractivity contribution >= 4 is 5.82 Å². The van der Waals surface area contributed by atoms with E-state index in [2.05, 4.69) is 15.1 Å². The quantitative estimate of drug-likeness (QED) is 0.713. The lowest BCUT2D eigenvalue weighted by atomic mass is 10.2. The van der Waals surface area contributed by atoms with Crippen molar-refractivity contribution < 1.29 is 18.3 Å². The third-order valence-corrected chi connectivity index (χ3v) is 3.90. The number of halogens is 2. The van der Waals surface area contributed by atoms with E-state index in [-0.39, 0.29) is 23.7 Å². The molecule has 0 saturated heterocycles. The Morgan fingerprint density at radius 3 is 2.52 bits per heavy atom. The van der Waals surface area contributed by atoms with Crippen molar-refractivity contribution in [3.05, 3.63) is 47.3 Å². The molecule has 0 spiro atoms. The van der Waals surface area contributed by atoms with Crippen molar-refractivity contribution in [2.24, 2.45) is 0 Å². The summed E-state index contributed by atoms with van der Waals surface area (Å²) in [5.41, 5.74) is 6.91. The summed E-state index contributed by atoms with van der Waals surface area (Å²) in [6.45, 7) is 3.78. The molecule has 142 valence electrons. The van der Waals surface area contributed by atoms with Gasteiger partial charge in [0, 0.05) is 23.9 Å². The van der Waals surface area contributed by atoms with Gasteiger partial charge in [-0.2, -0.15) is 5.10 Å².